The number of sulfonamides is 2. The van der Waals surface area contributed by atoms with E-state index in [1.54, 1.807) is 59.5 Å². The molecule has 0 spiro atoms. The molecule has 178 valence electrons. The van der Waals surface area contributed by atoms with Crippen molar-refractivity contribution in [3.05, 3.63) is 60.2 Å². The van der Waals surface area contributed by atoms with Gasteiger partial charge in [-0.1, -0.05) is 35.9 Å². The van der Waals surface area contributed by atoms with Gasteiger partial charge in [0.1, 0.15) is 0 Å². The summed E-state index contributed by atoms with van der Waals surface area (Å²) in [4.78, 5) is 15.3. The molecule has 33 heavy (non-hydrogen) atoms. The second kappa shape index (κ2) is 9.54. The quantitative estimate of drug-likeness (QED) is 0.637. The van der Waals surface area contributed by atoms with Gasteiger partial charge in [-0.05, 0) is 44.0 Å². The Labute approximate surface area is 195 Å². The molecule has 1 atom stereocenters. The summed E-state index contributed by atoms with van der Waals surface area (Å²) in [5, 5.41) is 0. The number of carbonyl (C=O) groups excluding carboxylic acids is 1. The van der Waals surface area contributed by atoms with Crippen LogP contribution in [0.25, 0.3) is 0 Å². The average Bonchev–Trinajstić information content (AvgIpc) is 2.84. The zero-order valence-electron chi connectivity index (χ0n) is 18.6. The Bertz CT molecular complexity index is 1190. The molecule has 2 heterocycles. The van der Waals surface area contributed by atoms with Crippen molar-refractivity contribution in [2.75, 3.05) is 39.3 Å². The lowest BCUT2D eigenvalue weighted by atomic mass is 9.98. The lowest BCUT2D eigenvalue weighted by Gasteiger charge is -2.38. The van der Waals surface area contributed by atoms with Crippen LogP contribution < -0.4 is 0 Å². The van der Waals surface area contributed by atoms with Gasteiger partial charge in [-0.25, -0.2) is 16.8 Å². The number of hydrogen-bond acceptors (Lipinski definition) is 5. The molecule has 0 unspecified atom stereocenters. The van der Waals surface area contributed by atoms with Crippen molar-refractivity contribution >= 4 is 26.0 Å². The summed E-state index contributed by atoms with van der Waals surface area (Å²) in [7, 11) is -7.25. The lowest BCUT2D eigenvalue weighted by molar-refractivity contribution is -0.137. The number of carbonyl (C=O) groups is 1. The fourth-order valence-electron chi connectivity index (χ4n) is 4.37. The summed E-state index contributed by atoms with van der Waals surface area (Å²) in [6.45, 7) is 3.48. The topological polar surface area (TPSA) is 95.1 Å². The van der Waals surface area contributed by atoms with E-state index in [9.17, 15) is 21.6 Å². The summed E-state index contributed by atoms with van der Waals surface area (Å²) < 4.78 is 54.6. The first-order chi connectivity index (χ1) is 15.7. The van der Waals surface area contributed by atoms with Gasteiger partial charge in [0.25, 0.3) is 0 Å². The van der Waals surface area contributed by atoms with Gasteiger partial charge in [0, 0.05) is 39.3 Å². The number of benzene rings is 2. The molecule has 2 aliphatic heterocycles. The minimum Gasteiger partial charge on any atom is -0.340 e. The van der Waals surface area contributed by atoms with Crippen LogP contribution in [0, 0.1) is 12.8 Å². The maximum Gasteiger partial charge on any atom is 0.243 e. The normalized spacial score (nSPS) is 21.1. The summed E-state index contributed by atoms with van der Waals surface area (Å²) >= 11 is 0. The molecule has 0 aromatic heterocycles. The van der Waals surface area contributed by atoms with E-state index >= 15 is 0 Å². The molecule has 8 nitrogen and oxygen atoms in total. The molecule has 2 saturated heterocycles. The molecule has 2 fully saturated rings. The van der Waals surface area contributed by atoms with Gasteiger partial charge in [0.15, 0.2) is 0 Å². The molecule has 0 bridgehead atoms. The highest BCUT2D eigenvalue weighted by Gasteiger charge is 2.37. The van der Waals surface area contributed by atoms with Gasteiger partial charge in [0.05, 0.1) is 15.7 Å². The first kappa shape index (κ1) is 23.9. The molecule has 2 aromatic rings. The van der Waals surface area contributed by atoms with Crippen molar-refractivity contribution in [3.63, 3.8) is 0 Å². The highest BCUT2D eigenvalue weighted by atomic mass is 32.2. The second-order valence-corrected chi connectivity index (χ2v) is 12.4. The van der Waals surface area contributed by atoms with E-state index in [1.807, 2.05) is 6.92 Å². The summed E-state index contributed by atoms with van der Waals surface area (Å²) in [6, 6.07) is 15.0. The van der Waals surface area contributed by atoms with Crippen LogP contribution in [0.2, 0.25) is 0 Å². The zero-order valence-corrected chi connectivity index (χ0v) is 20.3. The van der Waals surface area contributed by atoms with E-state index in [0.29, 0.717) is 32.5 Å². The number of hydrogen-bond donors (Lipinski definition) is 0. The second-order valence-electron chi connectivity index (χ2n) is 8.56. The van der Waals surface area contributed by atoms with E-state index in [-0.39, 0.29) is 35.3 Å². The molecular formula is C23H29N3O5S2. The lowest BCUT2D eigenvalue weighted by Crippen LogP contribution is -2.54. The Balaban J connectivity index is 1.39. The maximum absolute atomic E-state index is 13.2. The van der Waals surface area contributed by atoms with Gasteiger partial charge in [-0.15, -0.1) is 0 Å². The molecule has 4 rings (SSSR count). The van der Waals surface area contributed by atoms with Crippen LogP contribution in [-0.2, 0) is 24.8 Å². The van der Waals surface area contributed by atoms with Crippen LogP contribution in [-0.4, -0.2) is 75.5 Å². The Kier molecular flexibility index (Phi) is 6.90. The van der Waals surface area contributed by atoms with E-state index in [2.05, 4.69) is 0 Å². The van der Waals surface area contributed by atoms with Crippen molar-refractivity contribution in [2.45, 2.75) is 29.6 Å². The molecule has 0 saturated carbocycles. The Hall–Kier alpha value is -2.27. The van der Waals surface area contributed by atoms with Crippen LogP contribution in [0.5, 0.6) is 0 Å². The Morgan fingerprint density at radius 3 is 1.97 bits per heavy atom. The number of piperidine rings is 1. The van der Waals surface area contributed by atoms with Gasteiger partial charge in [0.2, 0.25) is 26.0 Å². The average molecular weight is 492 g/mol. The number of piperazine rings is 1. The maximum atomic E-state index is 13.2. The third kappa shape index (κ3) is 4.98. The summed E-state index contributed by atoms with van der Waals surface area (Å²) in [5.74, 6) is -0.521. The first-order valence-corrected chi connectivity index (χ1v) is 14.0. The first-order valence-electron chi connectivity index (χ1n) is 11.1. The molecule has 0 radical (unpaired) electrons. The third-order valence-electron chi connectivity index (χ3n) is 6.32. The van der Waals surface area contributed by atoms with Crippen LogP contribution in [0.1, 0.15) is 18.4 Å². The Morgan fingerprint density at radius 2 is 1.33 bits per heavy atom. The highest BCUT2D eigenvalue weighted by molar-refractivity contribution is 7.89. The van der Waals surface area contributed by atoms with Crippen molar-refractivity contribution < 1.29 is 21.6 Å². The smallest absolute Gasteiger partial charge is 0.243 e. The summed E-state index contributed by atoms with van der Waals surface area (Å²) in [5.41, 5.74) is 0.981. The molecule has 0 N–H and O–H groups in total. The predicted octanol–water partition coefficient (Wildman–Crippen LogP) is 1.93. The predicted molar refractivity (Wildman–Crippen MR) is 124 cm³/mol. The standard InChI is InChI=1S/C23H29N3O5S2/c1-19-9-11-22(12-10-19)33(30,31)26-13-5-6-20(18-26)23(27)24-14-16-25(17-15-24)32(28,29)21-7-3-2-4-8-21/h2-4,7-12,20H,5-6,13-18H2,1H3/t20-/m1/s1. The van der Waals surface area contributed by atoms with Gasteiger partial charge in [-0.3, -0.25) is 4.79 Å². The molecule has 2 aliphatic rings. The minimum atomic E-state index is -3.66. The fourth-order valence-corrected chi connectivity index (χ4v) is 7.34. The number of aryl methyl sites for hydroxylation is 1. The van der Waals surface area contributed by atoms with Crippen LogP contribution in [0.4, 0.5) is 0 Å². The minimum absolute atomic E-state index is 0.101. The van der Waals surface area contributed by atoms with E-state index in [4.69, 9.17) is 0 Å². The van der Waals surface area contributed by atoms with Crippen LogP contribution in [0.3, 0.4) is 0 Å². The van der Waals surface area contributed by atoms with Crippen LogP contribution in [0.15, 0.2) is 64.4 Å². The third-order valence-corrected chi connectivity index (χ3v) is 10.1. The van der Waals surface area contributed by atoms with E-state index in [1.165, 1.54) is 8.61 Å². The van der Waals surface area contributed by atoms with E-state index in [0.717, 1.165) is 5.56 Å². The van der Waals surface area contributed by atoms with Gasteiger partial charge < -0.3 is 4.90 Å². The number of amides is 1. The molecule has 2 aromatic carbocycles. The molecule has 1 amide bonds. The van der Waals surface area contributed by atoms with Crippen LogP contribution >= 0.6 is 0 Å². The largest absolute Gasteiger partial charge is 0.340 e. The van der Waals surface area contributed by atoms with Gasteiger partial charge in [-0.2, -0.15) is 8.61 Å². The SMILES string of the molecule is Cc1ccc(S(=O)(=O)N2CCC[C@@H](C(=O)N3CCN(S(=O)(=O)c4ccccc4)CC3)C2)cc1. The van der Waals surface area contributed by atoms with Crippen molar-refractivity contribution in [1.29, 1.82) is 0 Å². The van der Waals surface area contributed by atoms with E-state index < -0.39 is 26.0 Å². The van der Waals surface area contributed by atoms with Crippen molar-refractivity contribution in [1.82, 2.24) is 13.5 Å². The Morgan fingerprint density at radius 1 is 0.758 bits per heavy atom. The molecule has 0 aliphatic carbocycles. The summed E-state index contributed by atoms with van der Waals surface area (Å²) in [6.07, 6.45) is 1.24. The van der Waals surface area contributed by atoms with Crippen molar-refractivity contribution in [3.8, 4) is 0 Å². The number of rotatable bonds is 5. The zero-order chi connectivity index (χ0) is 23.6. The highest BCUT2D eigenvalue weighted by Crippen LogP contribution is 2.26. The molecule has 10 heteroatoms. The van der Waals surface area contributed by atoms with Crippen molar-refractivity contribution in [2.24, 2.45) is 5.92 Å². The van der Waals surface area contributed by atoms with Gasteiger partial charge >= 0.3 is 0 Å². The molecular weight excluding hydrogens is 462 g/mol. The monoisotopic (exact) mass is 491 g/mol. The fraction of sp³-hybridized carbons (Fsp3) is 0.435. The number of nitrogens with zero attached hydrogens (tertiary/aromatic N) is 3.